The highest BCUT2D eigenvalue weighted by atomic mass is 16.5. The number of hydrogen-bond acceptors (Lipinski definition) is 4. The molecule has 19 heavy (non-hydrogen) atoms. The lowest BCUT2D eigenvalue weighted by atomic mass is 10.2. The van der Waals surface area contributed by atoms with Crippen LogP contribution >= 0.6 is 0 Å². The van der Waals surface area contributed by atoms with Gasteiger partial charge in [0.1, 0.15) is 0 Å². The molecular weight excluding hydrogens is 238 g/mol. The number of nitrogens with zero attached hydrogens (tertiary/aromatic N) is 1. The standard InChI is InChI=1S/C15H33N3O/c1-13(2)10-16-11-15-12-18(8-9-19-15)7-5-6-17-14(3)4/h13-17H,5-12H2,1-4H3/t15-/m1/s1. The Kier molecular flexibility index (Phi) is 8.62. The van der Waals surface area contributed by atoms with E-state index in [4.69, 9.17) is 4.74 Å². The summed E-state index contributed by atoms with van der Waals surface area (Å²) in [4.78, 5) is 2.53. The van der Waals surface area contributed by atoms with Crippen molar-refractivity contribution < 1.29 is 4.74 Å². The van der Waals surface area contributed by atoms with E-state index in [2.05, 4.69) is 43.2 Å². The highest BCUT2D eigenvalue weighted by Gasteiger charge is 2.19. The van der Waals surface area contributed by atoms with Crippen molar-refractivity contribution in [1.82, 2.24) is 15.5 Å². The predicted octanol–water partition coefficient (Wildman–Crippen LogP) is 1.32. The van der Waals surface area contributed by atoms with Gasteiger partial charge in [0.2, 0.25) is 0 Å². The van der Waals surface area contributed by atoms with E-state index in [9.17, 15) is 0 Å². The van der Waals surface area contributed by atoms with E-state index >= 15 is 0 Å². The molecule has 0 unspecified atom stereocenters. The Balaban J connectivity index is 2.08. The van der Waals surface area contributed by atoms with Gasteiger partial charge in [0.25, 0.3) is 0 Å². The molecule has 1 saturated heterocycles. The van der Waals surface area contributed by atoms with E-state index < -0.39 is 0 Å². The lowest BCUT2D eigenvalue weighted by Gasteiger charge is -2.33. The summed E-state index contributed by atoms with van der Waals surface area (Å²) >= 11 is 0. The number of nitrogens with one attached hydrogen (secondary N) is 2. The van der Waals surface area contributed by atoms with Crippen molar-refractivity contribution in [3.05, 3.63) is 0 Å². The Morgan fingerprint density at radius 2 is 2.05 bits per heavy atom. The molecule has 114 valence electrons. The largest absolute Gasteiger partial charge is 0.374 e. The van der Waals surface area contributed by atoms with Crippen LogP contribution in [0.4, 0.5) is 0 Å². The van der Waals surface area contributed by atoms with Crippen molar-refractivity contribution in [2.75, 3.05) is 45.9 Å². The topological polar surface area (TPSA) is 36.5 Å². The SMILES string of the molecule is CC(C)CNC[C@@H]1CN(CCCNC(C)C)CCO1. The minimum absolute atomic E-state index is 0.366. The van der Waals surface area contributed by atoms with E-state index in [1.54, 1.807) is 0 Å². The van der Waals surface area contributed by atoms with Crippen molar-refractivity contribution in [3.8, 4) is 0 Å². The minimum Gasteiger partial charge on any atom is -0.374 e. The van der Waals surface area contributed by atoms with E-state index in [-0.39, 0.29) is 0 Å². The first-order chi connectivity index (χ1) is 9.08. The van der Waals surface area contributed by atoms with Crippen LogP contribution in [0.15, 0.2) is 0 Å². The minimum atomic E-state index is 0.366. The molecule has 4 heteroatoms. The molecular formula is C15H33N3O. The lowest BCUT2D eigenvalue weighted by Crippen LogP contribution is -2.47. The summed E-state index contributed by atoms with van der Waals surface area (Å²) in [6.45, 7) is 16.3. The third-order valence-electron chi connectivity index (χ3n) is 3.35. The highest BCUT2D eigenvalue weighted by molar-refractivity contribution is 4.74. The molecule has 2 N–H and O–H groups in total. The monoisotopic (exact) mass is 271 g/mol. The van der Waals surface area contributed by atoms with Crippen molar-refractivity contribution in [2.24, 2.45) is 5.92 Å². The zero-order valence-electron chi connectivity index (χ0n) is 13.2. The van der Waals surface area contributed by atoms with Gasteiger partial charge in [0, 0.05) is 25.7 Å². The molecule has 0 radical (unpaired) electrons. The van der Waals surface area contributed by atoms with Gasteiger partial charge < -0.3 is 15.4 Å². The number of morpholine rings is 1. The van der Waals surface area contributed by atoms with Gasteiger partial charge in [-0.05, 0) is 32.0 Å². The highest BCUT2D eigenvalue weighted by Crippen LogP contribution is 2.05. The smallest absolute Gasteiger partial charge is 0.0826 e. The van der Waals surface area contributed by atoms with Gasteiger partial charge in [-0.1, -0.05) is 27.7 Å². The average molecular weight is 271 g/mol. The predicted molar refractivity (Wildman–Crippen MR) is 81.6 cm³/mol. The van der Waals surface area contributed by atoms with Crippen LogP contribution in [-0.2, 0) is 4.74 Å². The molecule has 0 spiro atoms. The fraction of sp³-hybridized carbons (Fsp3) is 1.00. The first-order valence-corrected chi connectivity index (χ1v) is 7.86. The zero-order valence-corrected chi connectivity index (χ0v) is 13.2. The second-order valence-electron chi connectivity index (χ2n) is 6.31. The van der Waals surface area contributed by atoms with Crippen LogP contribution in [0.2, 0.25) is 0 Å². The van der Waals surface area contributed by atoms with E-state index in [0.29, 0.717) is 18.1 Å². The summed E-state index contributed by atoms with van der Waals surface area (Å²) in [5.41, 5.74) is 0. The Hall–Kier alpha value is -0.160. The van der Waals surface area contributed by atoms with Gasteiger partial charge in [-0.25, -0.2) is 0 Å². The third kappa shape index (κ3) is 8.58. The Morgan fingerprint density at radius 3 is 2.74 bits per heavy atom. The van der Waals surface area contributed by atoms with Crippen molar-refractivity contribution in [1.29, 1.82) is 0 Å². The summed E-state index contributed by atoms with van der Waals surface area (Å²) in [5, 5.41) is 6.97. The molecule has 1 atom stereocenters. The maximum Gasteiger partial charge on any atom is 0.0826 e. The summed E-state index contributed by atoms with van der Waals surface area (Å²) in [6, 6.07) is 0.595. The molecule has 0 aromatic heterocycles. The van der Waals surface area contributed by atoms with Crippen LogP contribution in [0.1, 0.15) is 34.1 Å². The summed E-state index contributed by atoms with van der Waals surface area (Å²) < 4.78 is 5.81. The maximum atomic E-state index is 5.81. The molecule has 1 fully saturated rings. The fourth-order valence-electron chi connectivity index (χ4n) is 2.33. The van der Waals surface area contributed by atoms with Gasteiger partial charge in [0.05, 0.1) is 12.7 Å². The zero-order chi connectivity index (χ0) is 14.1. The van der Waals surface area contributed by atoms with Crippen LogP contribution in [-0.4, -0.2) is 62.9 Å². The second-order valence-corrected chi connectivity index (χ2v) is 6.31. The van der Waals surface area contributed by atoms with Crippen LogP contribution in [0.25, 0.3) is 0 Å². The normalized spacial score (nSPS) is 21.5. The molecule has 1 aliphatic heterocycles. The Morgan fingerprint density at radius 1 is 1.26 bits per heavy atom. The van der Waals surface area contributed by atoms with Gasteiger partial charge in [0.15, 0.2) is 0 Å². The maximum absolute atomic E-state index is 5.81. The quantitative estimate of drug-likeness (QED) is 0.620. The number of rotatable bonds is 9. The Labute approximate surface area is 119 Å². The van der Waals surface area contributed by atoms with Crippen LogP contribution < -0.4 is 10.6 Å². The fourth-order valence-corrected chi connectivity index (χ4v) is 2.33. The number of ether oxygens (including phenoxy) is 1. The molecule has 1 heterocycles. The molecule has 0 saturated carbocycles. The van der Waals surface area contributed by atoms with Crippen LogP contribution in [0.5, 0.6) is 0 Å². The van der Waals surface area contributed by atoms with Gasteiger partial charge in [-0.3, -0.25) is 4.90 Å². The first kappa shape index (κ1) is 16.9. The van der Waals surface area contributed by atoms with Gasteiger partial charge in [-0.15, -0.1) is 0 Å². The molecule has 1 rings (SSSR count). The third-order valence-corrected chi connectivity index (χ3v) is 3.35. The Bertz CT molecular complexity index is 221. The van der Waals surface area contributed by atoms with Gasteiger partial charge >= 0.3 is 0 Å². The van der Waals surface area contributed by atoms with E-state index in [1.807, 2.05) is 0 Å². The average Bonchev–Trinajstić information content (AvgIpc) is 2.34. The molecule has 0 aromatic rings. The molecule has 0 bridgehead atoms. The van der Waals surface area contributed by atoms with Crippen LogP contribution in [0.3, 0.4) is 0 Å². The molecule has 4 nitrogen and oxygen atoms in total. The van der Waals surface area contributed by atoms with E-state index in [1.165, 1.54) is 13.0 Å². The number of hydrogen-bond donors (Lipinski definition) is 2. The first-order valence-electron chi connectivity index (χ1n) is 7.86. The summed E-state index contributed by atoms with van der Waals surface area (Å²) in [5.74, 6) is 0.710. The van der Waals surface area contributed by atoms with Crippen molar-refractivity contribution >= 4 is 0 Å². The van der Waals surface area contributed by atoms with E-state index in [0.717, 1.165) is 39.3 Å². The molecule has 0 aromatic carbocycles. The van der Waals surface area contributed by atoms with Crippen molar-refractivity contribution in [2.45, 2.75) is 46.3 Å². The lowest BCUT2D eigenvalue weighted by molar-refractivity contribution is -0.0274. The van der Waals surface area contributed by atoms with Crippen LogP contribution in [0, 0.1) is 5.92 Å². The summed E-state index contributed by atoms with van der Waals surface area (Å²) in [6.07, 6.45) is 1.59. The molecule has 0 amide bonds. The van der Waals surface area contributed by atoms with Gasteiger partial charge in [-0.2, -0.15) is 0 Å². The molecule has 0 aliphatic carbocycles. The second kappa shape index (κ2) is 9.70. The van der Waals surface area contributed by atoms with Crippen molar-refractivity contribution in [3.63, 3.8) is 0 Å². The summed E-state index contributed by atoms with van der Waals surface area (Å²) in [7, 11) is 0. The molecule has 1 aliphatic rings.